The van der Waals surface area contributed by atoms with Crippen molar-refractivity contribution in [2.45, 2.75) is 25.9 Å². The topological polar surface area (TPSA) is 21.3 Å². The third-order valence-corrected chi connectivity index (χ3v) is 3.17. The lowest BCUT2D eigenvalue weighted by atomic mass is 10.1. The van der Waals surface area contributed by atoms with Crippen LogP contribution in [-0.2, 0) is 13.1 Å². The minimum absolute atomic E-state index is 0. The van der Waals surface area contributed by atoms with Gasteiger partial charge < -0.3 is 10.1 Å². The number of rotatable bonds is 5. The van der Waals surface area contributed by atoms with Crippen LogP contribution in [0.2, 0.25) is 0 Å². The minimum Gasteiger partial charge on any atom is -0.494 e. The molecule has 1 aromatic rings. The summed E-state index contributed by atoms with van der Waals surface area (Å²) in [6.45, 7) is 2.80. The second-order valence-corrected chi connectivity index (χ2v) is 4.57. The fourth-order valence-corrected chi connectivity index (χ4v) is 2.14. The van der Waals surface area contributed by atoms with Gasteiger partial charge in [0.05, 0.1) is 6.61 Å². The smallest absolute Gasteiger partial charge is 0.119 e. The summed E-state index contributed by atoms with van der Waals surface area (Å²) in [4.78, 5) is 0. The zero-order valence-corrected chi connectivity index (χ0v) is 11.6. The van der Waals surface area contributed by atoms with Crippen molar-refractivity contribution in [1.29, 1.82) is 0 Å². The summed E-state index contributed by atoms with van der Waals surface area (Å²) in [6, 6.07) is 6.39. The number of unbranched alkanes of at least 4 members (excludes halogenated alkanes) is 1. The molecule has 0 unspecified atom stereocenters. The van der Waals surface area contributed by atoms with Crippen molar-refractivity contribution in [1.82, 2.24) is 5.32 Å². The number of hydrogen-bond acceptors (Lipinski definition) is 2. The molecule has 0 amide bonds. The van der Waals surface area contributed by atoms with E-state index in [2.05, 4.69) is 39.4 Å². The van der Waals surface area contributed by atoms with Crippen molar-refractivity contribution < 1.29 is 4.74 Å². The van der Waals surface area contributed by atoms with Crippen LogP contribution in [0, 0.1) is 0 Å². The Morgan fingerprint density at radius 1 is 1.19 bits per heavy atom. The van der Waals surface area contributed by atoms with Crippen LogP contribution >= 0.6 is 28.3 Å². The number of halogens is 2. The highest BCUT2D eigenvalue weighted by molar-refractivity contribution is 9.09. The van der Waals surface area contributed by atoms with Crippen LogP contribution in [-0.4, -0.2) is 11.9 Å². The van der Waals surface area contributed by atoms with Gasteiger partial charge in [-0.25, -0.2) is 0 Å². The van der Waals surface area contributed by atoms with Crippen molar-refractivity contribution in [3.05, 3.63) is 29.3 Å². The molecule has 2 nitrogen and oxygen atoms in total. The van der Waals surface area contributed by atoms with E-state index in [4.69, 9.17) is 4.74 Å². The number of fused-ring (bicyclic) bond motifs is 1. The van der Waals surface area contributed by atoms with E-state index in [1.165, 1.54) is 17.5 Å². The van der Waals surface area contributed by atoms with E-state index < -0.39 is 0 Å². The standard InChI is InChI=1S/C12H16BrNO.ClH/c13-5-1-2-6-15-12-4-3-10-8-14-9-11(10)7-12;/h3-4,7,14H,1-2,5-6,8-9H2;1H. The molecular formula is C12H17BrClNO. The molecule has 90 valence electrons. The first-order valence-electron chi connectivity index (χ1n) is 5.41. The molecule has 0 bridgehead atoms. The Morgan fingerprint density at radius 3 is 2.81 bits per heavy atom. The molecule has 0 saturated heterocycles. The van der Waals surface area contributed by atoms with Gasteiger partial charge in [0.25, 0.3) is 0 Å². The molecule has 16 heavy (non-hydrogen) atoms. The summed E-state index contributed by atoms with van der Waals surface area (Å²) < 4.78 is 5.68. The third-order valence-electron chi connectivity index (χ3n) is 2.61. The van der Waals surface area contributed by atoms with Gasteiger partial charge in [-0.2, -0.15) is 0 Å². The van der Waals surface area contributed by atoms with Crippen LogP contribution in [0.15, 0.2) is 18.2 Å². The second kappa shape index (κ2) is 7.15. The minimum atomic E-state index is 0. The molecule has 0 saturated carbocycles. The van der Waals surface area contributed by atoms with Crippen molar-refractivity contribution in [3.8, 4) is 5.75 Å². The van der Waals surface area contributed by atoms with Crippen LogP contribution in [0.4, 0.5) is 0 Å². The third kappa shape index (κ3) is 3.65. The Bertz CT molecular complexity index is 333. The number of ether oxygens (including phenoxy) is 1. The van der Waals surface area contributed by atoms with Crippen molar-refractivity contribution in [2.75, 3.05) is 11.9 Å². The summed E-state index contributed by atoms with van der Waals surface area (Å²) in [5, 5.41) is 4.39. The Hall–Kier alpha value is -0.250. The van der Waals surface area contributed by atoms with Gasteiger partial charge in [-0.3, -0.25) is 0 Å². The van der Waals surface area contributed by atoms with E-state index in [-0.39, 0.29) is 12.4 Å². The first-order chi connectivity index (χ1) is 7.40. The number of hydrogen-bond donors (Lipinski definition) is 1. The second-order valence-electron chi connectivity index (χ2n) is 3.78. The molecule has 1 aliphatic heterocycles. The molecule has 1 aliphatic rings. The lowest BCUT2D eigenvalue weighted by Gasteiger charge is -2.07. The van der Waals surface area contributed by atoms with Gasteiger partial charge in [-0.1, -0.05) is 22.0 Å². The highest BCUT2D eigenvalue weighted by Gasteiger charge is 2.09. The molecular weight excluding hydrogens is 289 g/mol. The van der Waals surface area contributed by atoms with Crippen molar-refractivity contribution in [3.63, 3.8) is 0 Å². The average Bonchev–Trinajstić information content (AvgIpc) is 2.71. The first-order valence-corrected chi connectivity index (χ1v) is 6.53. The lowest BCUT2D eigenvalue weighted by molar-refractivity contribution is 0.309. The Kier molecular flexibility index (Phi) is 6.17. The van der Waals surface area contributed by atoms with Gasteiger partial charge in [-0.15, -0.1) is 12.4 Å². The molecule has 0 aromatic heterocycles. The molecule has 2 rings (SSSR count). The summed E-state index contributed by atoms with van der Waals surface area (Å²) in [7, 11) is 0. The molecule has 1 aromatic carbocycles. The maximum Gasteiger partial charge on any atom is 0.119 e. The Morgan fingerprint density at radius 2 is 2.00 bits per heavy atom. The predicted molar refractivity (Wildman–Crippen MR) is 72.8 cm³/mol. The molecule has 0 aliphatic carbocycles. The maximum absolute atomic E-state index is 5.68. The molecule has 0 atom stereocenters. The predicted octanol–water partition coefficient (Wildman–Crippen LogP) is 3.27. The Balaban J connectivity index is 0.00000128. The van der Waals surface area contributed by atoms with E-state index in [1.54, 1.807) is 0 Å². The van der Waals surface area contributed by atoms with Crippen LogP contribution in [0.3, 0.4) is 0 Å². The fourth-order valence-electron chi connectivity index (χ4n) is 1.75. The van der Waals surface area contributed by atoms with Gasteiger partial charge in [0.1, 0.15) is 5.75 Å². The van der Waals surface area contributed by atoms with Gasteiger partial charge in [0.2, 0.25) is 0 Å². The summed E-state index contributed by atoms with van der Waals surface area (Å²) >= 11 is 3.41. The summed E-state index contributed by atoms with van der Waals surface area (Å²) in [5.74, 6) is 1.01. The number of alkyl halides is 1. The Labute approximate surface area is 111 Å². The van der Waals surface area contributed by atoms with Gasteiger partial charge in [-0.05, 0) is 36.1 Å². The van der Waals surface area contributed by atoms with Crippen molar-refractivity contribution >= 4 is 28.3 Å². The lowest BCUT2D eigenvalue weighted by Crippen LogP contribution is -2.00. The zero-order valence-electron chi connectivity index (χ0n) is 9.17. The molecule has 4 heteroatoms. The number of benzene rings is 1. The maximum atomic E-state index is 5.68. The SMILES string of the molecule is BrCCCCOc1ccc2c(c1)CNC2.Cl. The largest absolute Gasteiger partial charge is 0.494 e. The van der Waals surface area contributed by atoms with Gasteiger partial charge >= 0.3 is 0 Å². The van der Waals surface area contributed by atoms with E-state index in [0.717, 1.165) is 37.2 Å². The van der Waals surface area contributed by atoms with Crippen LogP contribution < -0.4 is 10.1 Å². The quantitative estimate of drug-likeness (QED) is 0.666. The molecule has 0 fully saturated rings. The zero-order chi connectivity index (χ0) is 10.5. The fraction of sp³-hybridized carbons (Fsp3) is 0.500. The monoisotopic (exact) mass is 305 g/mol. The molecule has 0 spiro atoms. The molecule has 1 N–H and O–H groups in total. The summed E-state index contributed by atoms with van der Waals surface area (Å²) in [6.07, 6.45) is 2.28. The number of nitrogens with one attached hydrogen (secondary N) is 1. The van der Waals surface area contributed by atoms with E-state index in [9.17, 15) is 0 Å². The highest BCUT2D eigenvalue weighted by Crippen LogP contribution is 2.21. The average molecular weight is 307 g/mol. The van der Waals surface area contributed by atoms with E-state index in [1.807, 2.05) is 0 Å². The van der Waals surface area contributed by atoms with Gasteiger partial charge in [0.15, 0.2) is 0 Å². The summed E-state index contributed by atoms with van der Waals surface area (Å²) in [5.41, 5.74) is 2.79. The first kappa shape index (κ1) is 13.8. The van der Waals surface area contributed by atoms with Crippen LogP contribution in [0.5, 0.6) is 5.75 Å². The van der Waals surface area contributed by atoms with Crippen LogP contribution in [0.25, 0.3) is 0 Å². The highest BCUT2D eigenvalue weighted by atomic mass is 79.9. The van der Waals surface area contributed by atoms with Crippen LogP contribution in [0.1, 0.15) is 24.0 Å². The molecule has 1 heterocycles. The normalized spacial score (nSPS) is 13.1. The van der Waals surface area contributed by atoms with E-state index in [0.29, 0.717) is 0 Å². The van der Waals surface area contributed by atoms with E-state index >= 15 is 0 Å². The van der Waals surface area contributed by atoms with Crippen molar-refractivity contribution in [2.24, 2.45) is 0 Å². The van der Waals surface area contributed by atoms with Gasteiger partial charge in [0, 0.05) is 18.4 Å². The molecule has 0 radical (unpaired) electrons.